The molecule has 0 aromatic carbocycles. The Bertz CT molecular complexity index is 346. The van der Waals surface area contributed by atoms with E-state index < -0.39 is 0 Å². The monoisotopic (exact) mass is 207 g/mol. The Morgan fingerprint density at radius 1 is 1.67 bits per heavy atom. The molecule has 3 N–H and O–H groups in total. The van der Waals surface area contributed by atoms with Gasteiger partial charge >= 0.3 is 5.97 Å². The number of esters is 1. The summed E-state index contributed by atoms with van der Waals surface area (Å²) in [5.74, 6) is 5.50. The van der Waals surface area contributed by atoms with Crippen LogP contribution < -0.4 is 11.3 Å². The molecule has 0 atom stereocenters. The molecule has 15 heavy (non-hydrogen) atoms. The standard InChI is InChI=1S/C10H13N3O2/c1-15-10(14)4-2-3-8-5-6-9(13-11)12-7-8/h2-3,5-7H,4,11H2,1H3,(H,12,13). The summed E-state index contributed by atoms with van der Waals surface area (Å²) in [4.78, 5) is 14.8. The van der Waals surface area contributed by atoms with Gasteiger partial charge in [-0.15, -0.1) is 0 Å². The van der Waals surface area contributed by atoms with Gasteiger partial charge in [-0.1, -0.05) is 12.2 Å². The molecule has 0 fully saturated rings. The van der Waals surface area contributed by atoms with Crippen LogP contribution in [0.5, 0.6) is 0 Å². The van der Waals surface area contributed by atoms with Gasteiger partial charge in [-0.3, -0.25) is 4.79 Å². The summed E-state index contributed by atoms with van der Waals surface area (Å²) in [5.41, 5.74) is 3.33. The summed E-state index contributed by atoms with van der Waals surface area (Å²) in [6, 6.07) is 3.59. The van der Waals surface area contributed by atoms with Gasteiger partial charge in [0, 0.05) is 6.20 Å². The minimum atomic E-state index is -0.264. The van der Waals surface area contributed by atoms with E-state index in [0.29, 0.717) is 5.82 Å². The Labute approximate surface area is 87.9 Å². The van der Waals surface area contributed by atoms with Crippen molar-refractivity contribution in [3.8, 4) is 0 Å². The lowest BCUT2D eigenvalue weighted by Crippen LogP contribution is -2.07. The molecule has 5 heteroatoms. The van der Waals surface area contributed by atoms with Crippen LogP contribution in [-0.4, -0.2) is 18.1 Å². The third kappa shape index (κ3) is 3.78. The quantitative estimate of drug-likeness (QED) is 0.436. The van der Waals surface area contributed by atoms with Gasteiger partial charge in [-0.25, -0.2) is 10.8 Å². The van der Waals surface area contributed by atoms with E-state index in [1.807, 2.05) is 6.07 Å². The molecule has 0 bridgehead atoms. The van der Waals surface area contributed by atoms with Crippen molar-refractivity contribution in [2.75, 3.05) is 12.5 Å². The van der Waals surface area contributed by atoms with Crippen molar-refractivity contribution >= 4 is 17.9 Å². The number of anilines is 1. The highest BCUT2D eigenvalue weighted by Crippen LogP contribution is 2.05. The predicted molar refractivity (Wildman–Crippen MR) is 57.7 cm³/mol. The van der Waals surface area contributed by atoms with E-state index in [9.17, 15) is 4.79 Å². The van der Waals surface area contributed by atoms with E-state index >= 15 is 0 Å². The summed E-state index contributed by atoms with van der Waals surface area (Å²) in [6.45, 7) is 0. The van der Waals surface area contributed by atoms with Crippen LogP contribution in [0.15, 0.2) is 24.4 Å². The number of pyridine rings is 1. The van der Waals surface area contributed by atoms with Crippen molar-refractivity contribution in [1.82, 2.24) is 4.98 Å². The first kappa shape index (κ1) is 11.2. The number of nitrogens with zero attached hydrogens (tertiary/aromatic N) is 1. The maximum Gasteiger partial charge on any atom is 0.309 e. The normalized spacial score (nSPS) is 10.3. The molecular formula is C10H13N3O2. The Morgan fingerprint density at radius 2 is 2.47 bits per heavy atom. The van der Waals surface area contributed by atoms with Crippen LogP contribution in [-0.2, 0) is 9.53 Å². The van der Waals surface area contributed by atoms with Gasteiger partial charge in [-0.2, -0.15) is 0 Å². The molecule has 0 spiro atoms. The van der Waals surface area contributed by atoms with Gasteiger partial charge in [0.05, 0.1) is 13.5 Å². The highest BCUT2D eigenvalue weighted by molar-refractivity contribution is 5.72. The van der Waals surface area contributed by atoms with E-state index in [2.05, 4.69) is 15.1 Å². The van der Waals surface area contributed by atoms with E-state index in [-0.39, 0.29) is 12.4 Å². The van der Waals surface area contributed by atoms with Crippen molar-refractivity contribution in [1.29, 1.82) is 0 Å². The van der Waals surface area contributed by atoms with Crippen LogP contribution >= 0.6 is 0 Å². The zero-order chi connectivity index (χ0) is 11.1. The molecule has 0 unspecified atom stereocenters. The average Bonchev–Trinajstić information content (AvgIpc) is 2.29. The highest BCUT2D eigenvalue weighted by atomic mass is 16.5. The van der Waals surface area contributed by atoms with Gasteiger partial charge in [-0.05, 0) is 17.7 Å². The molecule has 0 amide bonds. The lowest BCUT2D eigenvalue weighted by molar-refractivity contribution is -0.139. The molecule has 80 valence electrons. The first-order valence-corrected chi connectivity index (χ1v) is 4.42. The average molecular weight is 207 g/mol. The number of carbonyl (C=O) groups excluding carboxylic acids is 1. The van der Waals surface area contributed by atoms with E-state index in [4.69, 9.17) is 5.84 Å². The molecule has 0 saturated heterocycles. The van der Waals surface area contributed by atoms with Crippen molar-refractivity contribution in [3.05, 3.63) is 30.0 Å². The minimum absolute atomic E-state index is 0.257. The van der Waals surface area contributed by atoms with Crippen molar-refractivity contribution < 1.29 is 9.53 Å². The number of hydrogen-bond acceptors (Lipinski definition) is 5. The highest BCUT2D eigenvalue weighted by Gasteiger charge is 1.94. The second-order valence-electron chi connectivity index (χ2n) is 2.80. The third-order valence-electron chi connectivity index (χ3n) is 1.76. The van der Waals surface area contributed by atoms with Crippen LogP contribution in [0, 0.1) is 0 Å². The second kappa shape index (κ2) is 5.77. The van der Waals surface area contributed by atoms with Crippen LogP contribution in [0.2, 0.25) is 0 Å². The van der Waals surface area contributed by atoms with Crippen LogP contribution in [0.4, 0.5) is 5.82 Å². The molecule has 1 rings (SSSR count). The Morgan fingerprint density at radius 3 is 3.00 bits per heavy atom. The van der Waals surface area contributed by atoms with Gasteiger partial charge in [0.1, 0.15) is 5.82 Å². The number of aromatic nitrogens is 1. The molecule has 0 aliphatic carbocycles. The zero-order valence-electron chi connectivity index (χ0n) is 8.43. The third-order valence-corrected chi connectivity index (χ3v) is 1.76. The Balaban J connectivity index is 2.53. The molecule has 1 aromatic heterocycles. The summed E-state index contributed by atoms with van der Waals surface area (Å²) in [7, 11) is 1.36. The maximum absolute atomic E-state index is 10.8. The number of rotatable bonds is 4. The molecule has 0 saturated carbocycles. The summed E-state index contributed by atoms with van der Waals surface area (Å²) >= 11 is 0. The fraction of sp³-hybridized carbons (Fsp3) is 0.200. The van der Waals surface area contributed by atoms with Crippen LogP contribution in [0.3, 0.4) is 0 Å². The van der Waals surface area contributed by atoms with Crippen molar-refractivity contribution in [3.63, 3.8) is 0 Å². The van der Waals surface area contributed by atoms with E-state index in [1.54, 1.807) is 24.4 Å². The van der Waals surface area contributed by atoms with Gasteiger partial charge in [0.25, 0.3) is 0 Å². The van der Waals surface area contributed by atoms with Crippen molar-refractivity contribution in [2.45, 2.75) is 6.42 Å². The summed E-state index contributed by atoms with van der Waals surface area (Å²) in [5, 5.41) is 0. The molecule has 1 aromatic rings. The van der Waals surface area contributed by atoms with Gasteiger partial charge in [0.2, 0.25) is 0 Å². The largest absolute Gasteiger partial charge is 0.469 e. The molecular weight excluding hydrogens is 194 g/mol. The Kier molecular flexibility index (Phi) is 4.30. The summed E-state index contributed by atoms with van der Waals surface area (Å²) < 4.78 is 4.49. The second-order valence-corrected chi connectivity index (χ2v) is 2.80. The number of hydrazine groups is 1. The fourth-order valence-corrected chi connectivity index (χ4v) is 0.964. The lowest BCUT2D eigenvalue weighted by Gasteiger charge is -1.98. The van der Waals surface area contributed by atoms with E-state index in [1.165, 1.54) is 7.11 Å². The number of methoxy groups -OCH3 is 1. The fourth-order valence-electron chi connectivity index (χ4n) is 0.964. The molecule has 5 nitrogen and oxygen atoms in total. The minimum Gasteiger partial charge on any atom is -0.469 e. The number of hydrogen-bond donors (Lipinski definition) is 2. The van der Waals surface area contributed by atoms with Gasteiger partial charge < -0.3 is 10.2 Å². The topological polar surface area (TPSA) is 77.2 Å². The number of ether oxygens (including phenoxy) is 1. The molecule has 0 aliphatic rings. The SMILES string of the molecule is COC(=O)CC=Cc1ccc(NN)nc1. The van der Waals surface area contributed by atoms with Crippen LogP contribution in [0.1, 0.15) is 12.0 Å². The maximum atomic E-state index is 10.8. The van der Waals surface area contributed by atoms with Crippen LogP contribution in [0.25, 0.3) is 6.08 Å². The first-order valence-electron chi connectivity index (χ1n) is 4.42. The zero-order valence-corrected chi connectivity index (χ0v) is 8.43. The number of carbonyl (C=O) groups is 1. The lowest BCUT2D eigenvalue weighted by atomic mass is 10.2. The molecule has 0 aliphatic heterocycles. The smallest absolute Gasteiger partial charge is 0.309 e. The number of nitrogens with two attached hydrogens (primary N) is 1. The predicted octanol–water partition coefficient (Wildman–Crippen LogP) is 0.944. The summed E-state index contributed by atoms with van der Waals surface area (Å²) in [6.07, 6.45) is 5.43. The van der Waals surface area contributed by atoms with Crippen molar-refractivity contribution in [2.24, 2.45) is 5.84 Å². The number of nitrogens with one attached hydrogen (secondary N) is 1. The number of nitrogen functional groups attached to an aromatic ring is 1. The Hall–Kier alpha value is -1.88. The molecule has 0 radical (unpaired) electrons. The van der Waals surface area contributed by atoms with Gasteiger partial charge in [0.15, 0.2) is 0 Å². The van der Waals surface area contributed by atoms with E-state index in [0.717, 1.165) is 5.56 Å². The first-order chi connectivity index (χ1) is 7.26. The molecule has 1 heterocycles.